The summed E-state index contributed by atoms with van der Waals surface area (Å²) in [4.78, 5) is 6.16. The Morgan fingerprint density at radius 3 is 2.37 bits per heavy atom. The summed E-state index contributed by atoms with van der Waals surface area (Å²) in [5.41, 5.74) is 1.67. The second-order valence-corrected chi connectivity index (χ2v) is 10.6. The van der Waals surface area contributed by atoms with E-state index in [0.29, 0.717) is 10.7 Å². The Kier molecular flexibility index (Phi) is 6.79. The number of fused-ring (bicyclic) bond motifs is 2. The summed E-state index contributed by atoms with van der Waals surface area (Å²) in [6.45, 7) is 3.53. The molecule has 0 saturated carbocycles. The van der Waals surface area contributed by atoms with Gasteiger partial charge < -0.3 is 10.0 Å². The van der Waals surface area contributed by atoms with Gasteiger partial charge in [-0.15, -0.1) is 0 Å². The lowest BCUT2D eigenvalue weighted by molar-refractivity contribution is -0.137. The van der Waals surface area contributed by atoms with E-state index in [2.05, 4.69) is 4.90 Å². The Hall–Kier alpha value is -2.19. The molecule has 3 aromatic rings. The number of nitrogens with zero attached hydrogens (tertiary/aromatic N) is 2. The third-order valence-electron chi connectivity index (χ3n) is 7.00. The maximum atomic E-state index is 13.6. The topological polar surface area (TPSA) is 26.7 Å². The Labute approximate surface area is 212 Å². The minimum absolute atomic E-state index is 0.102. The number of aliphatic hydroxyl groups excluding tert-OH is 1. The molecule has 1 fully saturated rings. The third-order valence-corrected chi connectivity index (χ3v) is 8.37. The molecule has 2 aliphatic rings. The highest BCUT2D eigenvalue weighted by molar-refractivity contribution is 7.99. The van der Waals surface area contributed by atoms with Crippen LogP contribution in [-0.4, -0.2) is 29.3 Å². The van der Waals surface area contributed by atoms with Crippen molar-refractivity contribution in [3.8, 4) is 0 Å². The van der Waals surface area contributed by atoms with E-state index < -0.39 is 17.8 Å². The van der Waals surface area contributed by atoms with Crippen molar-refractivity contribution in [2.75, 3.05) is 18.0 Å². The van der Waals surface area contributed by atoms with Crippen molar-refractivity contribution in [2.24, 2.45) is 5.92 Å². The van der Waals surface area contributed by atoms with Crippen molar-refractivity contribution in [2.45, 2.75) is 48.0 Å². The Morgan fingerprint density at radius 2 is 1.66 bits per heavy atom. The average Bonchev–Trinajstić information content (AvgIpc) is 2.85. The van der Waals surface area contributed by atoms with Gasteiger partial charge >= 0.3 is 6.18 Å². The maximum Gasteiger partial charge on any atom is 0.416 e. The summed E-state index contributed by atoms with van der Waals surface area (Å²) in [6, 6.07) is 19.2. The molecule has 1 saturated heterocycles. The largest absolute Gasteiger partial charge is 0.416 e. The zero-order chi connectivity index (χ0) is 24.7. The number of piperidine rings is 1. The number of rotatable bonds is 4. The van der Waals surface area contributed by atoms with E-state index in [1.165, 1.54) is 17.8 Å². The van der Waals surface area contributed by atoms with Crippen LogP contribution in [0.5, 0.6) is 0 Å². The minimum Gasteiger partial charge on any atom is -0.388 e. The van der Waals surface area contributed by atoms with Gasteiger partial charge in [-0.25, -0.2) is 0 Å². The number of alkyl halides is 3. The second kappa shape index (κ2) is 9.69. The standard InChI is InChI=1S/C27H26ClF3N2OS/c1-17(32-13-11-18(12-14-32)26(34)19-5-4-6-21(28)15-19)33-22-7-2-3-8-24(22)35-25-10-9-20(16-23(25)33)27(29,30)31/h2-10,15-18,26,34H,11-14H2,1H3. The zero-order valence-corrected chi connectivity index (χ0v) is 20.7. The van der Waals surface area contributed by atoms with Crippen molar-refractivity contribution in [3.05, 3.63) is 82.9 Å². The summed E-state index contributed by atoms with van der Waals surface area (Å²) in [5, 5.41) is 11.5. The van der Waals surface area contributed by atoms with Crippen LogP contribution in [0.1, 0.15) is 37.0 Å². The molecular formula is C27H26ClF3N2OS. The van der Waals surface area contributed by atoms with Gasteiger partial charge in [0.1, 0.15) is 0 Å². The highest BCUT2D eigenvalue weighted by atomic mass is 35.5. The van der Waals surface area contributed by atoms with Crippen LogP contribution < -0.4 is 4.90 Å². The molecule has 0 amide bonds. The van der Waals surface area contributed by atoms with Crippen LogP contribution >= 0.6 is 23.4 Å². The molecule has 0 aromatic heterocycles. The predicted molar refractivity (Wildman–Crippen MR) is 134 cm³/mol. The second-order valence-electron chi connectivity index (χ2n) is 9.13. The molecule has 3 nitrogen and oxygen atoms in total. The van der Waals surface area contributed by atoms with Crippen LogP contribution in [0.2, 0.25) is 5.02 Å². The smallest absolute Gasteiger partial charge is 0.388 e. The van der Waals surface area contributed by atoms with Crippen molar-refractivity contribution in [1.29, 1.82) is 0 Å². The average molecular weight is 519 g/mol. The molecule has 0 spiro atoms. The molecule has 3 aromatic carbocycles. The fraction of sp³-hybridized carbons (Fsp3) is 0.333. The molecule has 0 aliphatic carbocycles. The van der Waals surface area contributed by atoms with Crippen LogP contribution in [-0.2, 0) is 6.18 Å². The van der Waals surface area contributed by atoms with Gasteiger partial charge in [-0.3, -0.25) is 4.90 Å². The third kappa shape index (κ3) is 4.92. The van der Waals surface area contributed by atoms with Gasteiger partial charge in [-0.2, -0.15) is 13.2 Å². The van der Waals surface area contributed by atoms with Crippen LogP contribution in [0, 0.1) is 5.92 Å². The van der Waals surface area contributed by atoms with Crippen molar-refractivity contribution >= 4 is 34.7 Å². The summed E-state index contributed by atoms with van der Waals surface area (Å²) in [6.07, 6.45) is -3.56. The Morgan fingerprint density at radius 1 is 0.943 bits per heavy atom. The van der Waals surface area contributed by atoms with E-state index in [1.54, 1.807) is 18.2 Å². The number of hydrogen-bond donors (Lipinski definition) is 1. The molecule has 2 heterocycles. The highest BCUT2D eigenvalue weighted by Crippen LogP contribution is 2.50. The first-order valence-corrected chi connectivity index (χ1v) is 12.9. The number of para-hydroxylation sites is 1. The number of likely N-dealkylation sites (tertiary alicyclic amines) is 1. The predicted octanol–water partition coefficient (Wildman–Crippen LogP) is 7.75. The SMILES string of the molecule is CC(N1CCC(C(O)c2cccc(Cl)c2)CC1)N1c2ccccc2Sc2ccc(C(F)(F)F)cc21. The number of benzene rings is 3. The Balaban J connectivity index is 1.39. The van der Waals surface area contributed by atoms with E-state index in [9.17, 15) is 18.3 Å². The normalized spacial score (nSPS) is 18.6. The molecule has 1 N–H and O–H groups in total. The number of anilines is 2. The van der Waals surface area contributed by atoms with Crippen molar-refractivity contribution < 1.29 is 18.3 Å². The van der Waals surface area contributed by atoms with E-state index in [4.69, 9.17) is 11.6 Å². The molecule has 2 atom stereocenters. The lowest BCUT2D eigenvalue weighted by atomic mass is 9.87. The molecule has 0 bridgehead atoms. The first kappa shape index (κ1) is 24.5. The van der Waals surface area contributed by atoms with Crippen LogP contribution in [0.4, 0.5) is 24.5 Å². The summed E-state index contributed by atoms with van der Waals surface area (Å²) < 4.78 is 40.7. The molecule has 2 aliphatic heterocycles. The van der Waals surface area contributed by atoms with Crippen LogP contribution in [0.3, 0.4) is 0 Å². The van der Waals surface area contributed by atoms with E-state index in [0.717, 1.165) is 53.0 Å². The van der Waals surface area contributed by atoms with Gasteiger partial charge in [0.05, 0.1) is 29.2 Å². The fourth-order valence-electron chi connectivity index (χ4n) is 5.10. The van der Waals surface area contributed by atoms with Crippen molar-refractivity contribution in [3.63, 3.8) is 0 Å². The molecule has 35 heavy (non-hydrogen) atoms. The van der Waals surface area contributed by atoms with Gasteiger partial charge in [0, 0.05) is 27.9 Å². The molecule has 8 heteroatoms. The number of hydrogen-bond acceptors (Lipinski definition) is 4. The summed E-state index contributed by atoms with van der Waals surface area (Å²) in [7, 11) is 0. The first-order valence-electron chi connectivity index (χ1n) is 11.7. The van der Waals surface area contributed by atoms with Gasteiger partial charge in [0.15, 0.2) is 0 Å². The van der Waals surface area contributed by atoms with Gasteiger partial charge in [0.2, 0.25) is 0 Å². The van der Waals surface area contributed by atoms with Gasteiger partial charge in [-0.05, 0) is 73.7 Å². The van der Waals surface area contributed by atoms with Crippen LogP contribution in [0.25, 0.3) is 0 Å². The van der Waals surface area contributed by atoms with Gasteiger partial charge in [0.25, 0.3) is 0 Å². The number of halogens is 4. The highest BCUT2D eigenvalue weighted by Gasteiger charge is 2.36. The zero-order valence-electron chi connectivity index (χ0n) is 19.2. The molecule has 5 rings (SSSR count). The van der Waals surface area contributed by atoms with E-state index >= 15 is 0 Å². The van der Waals surface area contributed by atoms with Crippen LogP contribution in [0.15, 0.2) is 76.5 Å². The van der Waals surface area contributed by atoms with Gasteiger partial charge in [-0.1, -0.05) is 47.6 Å². The summed E-state index contributed by atoms with van der Waals surface area (Å²) >= 11 is 7.60. The lowest BCUT2D eigenvalue weighted by Gasteiger charge is -2.45. The minimum atomic E-state index is -4.40. The lowest BCUT2D eigenvalue weighted by Crippen LogP contribution is -2.49. The Bertz CT molecular complexity index is 1210. The molecular weight excluding hydrogens is 493 g/mol. The quantitative estimate of drug-likeness (QED) is 0.382. The maximum absolute atomic E-state index is 13.6. The molecule has 0 radical (unpaired) electrons. The monoisotopic (exact) mass is 518 g/mol. The number of aliphatic hydroxyl groups is 1. The molecule has 2 unspecified atom stereocenters. The van der Waals surface area contributed by atoms with E-state index in [-0.39, 0.29) is 12.1 Å². The summed E-state index contributed by atoms with van der Waals surface area (Å²) in [5.74, 6) is 0.102. The fourth-order valence-corrected chi connectivity index (χ4v) is 6.35. The first-order chi connectivity index (χ1) is 16.7. The van der Waals surface area contributed by atoms with Crippen molar-refractivity contribution in [1.82, 2.24) is 4.90 Å². The van der Waals surface area contributed by atoms with E-state index in [1.807, 2.05) is 48.2 Å². The molecule has 184 valence electrons.